The molecular weight excluding hydrogens is 290 g/mol. The Morgan fingerprint density at radius 3 is 2.48 bits per heavy atom. The van der Waals surface area contributed by atoms with Crippen molar-refractivity contribution in [3.63, 3.8) is 0 Å². The molecule has 3 N–H and O–H groups in total. The zero-order chi connectivity index (χ0) is 14.2. The molecule has 0 saturated heterocycles. The van der Waals surface area contributed by atoms with Gasteiger partial charge in [-0.25, -0.2) is 4.98 Å². The summed E-state index contributed by atoms with van der Waals surface area (Å²) in [5, 5.41) is 7.44. The van der Waals surface area contributed by atoms with Gasteiger partial charge in [0.1, 0.15) is 11.6 Å². The number of nitrogens with one attached hydrogen (secondary N) is 1. The lowest BCUT2D eigenvalue weighted by molar-refractivity contribution is 0.242. The van der Waals surface area contributed by atoms with E-state index in [-0.39, 0.29) is 18.2 Å². The minimum Gasteiger partial charge on any atom is -0.493 e. The number of ether oxygens (including phenoxy) is 2. The summed E-state index contributed by atoms with van der Waals surface area (Å²) in [6, 6.07) is 13.1. The van der Waals surface area contributed by atoms with Gasteiger partial charge in [-0.3, -0.25) is 5.41 Å². The average molecular weight is 308 g/mol. The summed E-state index contributed by atoms with van der Waals surface area (Å²) in [6.07, 6.45) is 2.34. The predicted octanol–water partition coefficient (Wildman–Crippen LogP) is 2.64. The summed E-state index contributed by atoms with van der Waals surface area (Å²) in [5.74, 6) is 1.18. The number of nitrogen functional groups attached to an aromatic ring is 1. The molecular formula is C15H18ClN3O2. The summed E-state index contributed by atoms with van der Waals surface area (Å²) in [6.45, 7) is 1.02. The van der Waals surface area contributed by atoms with Crippen LogP contribution in [0, 0.1) is 5.41 Å². The summed E-state index contributed by atoms with van der Waals surface area (Å²) in [4.78, 5) is 4.07. The number of nitrogens with two attached hydrogens (primary N) is 1. The zero-order valence-electron chi connectivity index (χ0n) is 11.5. The minimum absolute atomic E-state index is 0. The van der Waals surface area contributed by atoms with Gasteiger partial charge in [-0.05, 0) is 24.3 Å². The first-order chi connectivity index (χ1) is 9.77. The maximum Gasteiger partial charge on any atom is 0.224 e. The van der Waals surface area contributed by atoms with Gasteiger partial charge in [-0.2, -0.15) is 0 Å². The molecule has 0 unspecified atom stereocenters. The standard InChI is InChI=1S/C15H17N3O2.ClH/c16-14(17)13-8-4-9-18-15(13)20-11-5-10-19-12-6-2-1-3-7-12;/h1-4,6-9H,5,10-11H2,(H3,16,17);1H. The molecule has 0 saturated carbocycles. The monoisotopic (exact) mass is 307 g/mol. The van der Waals surface area contributed by atoms with Crippen LogP contribution in [-0.2, 0) is 0 Å². The van der Waals surface area contributed by atoms with Crippen LogP contribution in [0.3, 0.4) is 0 Å². The summed E-state index contributed by atoms with van der Waals surface area (Å²) in [5.41, 5.74) is 5.97. The lowest BCUT2D eigenvalue weighted by Crippen LogP contribution is -2.14. The summed E-state index contributed by atoms with van der Waals surface area (Å²) < 4.78 is 11.1. The van der Waals surface area contributed by atoms with Gasteiger partial charge >= 0.3 is 0 Å². The highest BCUT2D eigenvalue weighted by molar-refractivity contribution is 5.96. The Morgan fingerprint density at radius 1 is 1.05 bits per heavy atom. The van der Waals surface area contributed by atoms with Gasteiger partial charge in [0, 0.05) is 12.6 Å². The van der Waals surface area contributed by atoms with Crippen molar-refractivity contribution in [2.45, 2.75) is 6.42 Å². The molecule has 2 aromatic rings. The quantitative estimate of drug-likeness (QED) is 0.468. The van der Waals surface area contributed by atoms with Crippen LogP contribution in [0.5, 0.6) is 11.6 Å². The van der Waals surface area contributed by atoms with Gasteiger partial charge in [-0.1, -0.05) is 18.2 Å². The number of pyridine rings is 1. The van der Waals surface area contributed by atoms with E-state index in [2.05, 4.69) is 4.98 Å². The summed E-state index contributed by atoms with van der Waals surface area (Å²) >= 11 is 0. The first-order valence-electron chi connectivity index (χ1n) is 6.37. The molecule has 2 rings (SSSR count). The summed E-state index contributed by atoms with van der Waals surface area (Å²) in [7, 11) is 0. The van der Waals surface area contributed by atoms with Gasteiger partial charge < -0.3 is 15.2 Å². The number of para-hydroxylation sites is 1. The molecule has 0 amide bonds. The van der Waals surface area contributed by atoms with Gasteiger partial charge in [0.2, 0.25) is 5.88 Å². The Kier molecular flexibility index (Phi) is 7.04. The van der Waals surface area contributed by atoms with E-state index >= 15 is 0 Å². The lowest BCUT2D eigenvalue weighted by atomic mass is 10.2. The fraction of sp³-hybridized carbons (Fsp3) is 0.200. The van der Waals surface area contributed by atoms with Crippen LogP contribution in [0.25, 0.3) is 0 Å². The van der Waals surface area contributed by atoms with Crippen LogP contribution in [0.1, 0.15) is 12.0 Å². The van der Waals surface area contributed by atoms with Gasteiger partial charge in [0.25, 0.3) is 0 Å². The number of amidine groups is 1. The van der Waals surface area contributed by atoms with Crippen LogP contribution in [-0.4, -0.2) is 24.0 Å². The van der Waals surface area contributed by atoms with Crippen molar-refractivity contribution in [3.05, 3.63) is 54.2 Å². The molecule has 1 aromatic heterocycles. The van der Waals surface area contributed by atoms with Gasteiger partial charge in [-0.15, -0.1) is 12.4 Å². The fourth-order valence-electron chi connectivity index (χ4n) is 1.65. The van der Waals surface area contributed by atoms with Crippen LogP contribution in [0.15, 0.2) is 48.7 Å². The Hall–Kier alpha value is -2.27. The molecule has 6 heteroatoms. The van der Waals surface area contributed by atoms with E-state index in [1.807, 2.05) is 30.3 Å². The smallest absolute Gasteiger partial charge is 0.224 e. The molecule has 5 nitrogen and oxygen atoms in total. The zero-order valence-corrected chi connectivity index (χ0v) is 12.3. The van der Waals surface area contributed by atoms with E-state index in [1.54, 1.807) is 18.3 Å². The van der Waals surface area contributed by atoms with Crippen molar-refractivity contribution in [3.8, 4) is 11.6 Å². The van der Waals surface area contributed by atoms with Crippen molar-refractivity contribution >= 4 is 18.2 Å². The number of nitrogens with zero attached hydrogens (tertiary/aromatic N) is 1. The third kappa shape index (κ3) is 5.31. The molecule has 0 atom stereocenters. The Balaban J connectivity index is 0.00000220. The molecule has 0 spiro atoms. The molecule has 0 fully saturated rings. The Labute approximate surface area is 130 Å². The van der Waals surface area contributed by atoms with Crippen LogP contribution >= 0.6 is 12.4 Å². The van der Waals surface area contributed by atoms with E-state index in [1.165, 1.54) is 0 Å². The molecule has 1 aromatic carbocycles. The number of hydrogen-bond acceptors (Lipinski definition) is 4. The second kappa shape index (κ2) is 8.81. The predicted molar refractivity (Wildman–Crippen MR) is 84.6 cm³/mol. The highest BCUT2D eigenvalue weighted by Crippen LogP contribution is 2.13. The number of aromatic nitrogens is 1. The van der Waals surface area contributed by atoms with E-state index in [0.29, 0.717) is 24.7 Å². The molecule has 112 valence electrons. The first-order valence-corrected chi connectivity index (χ1v) is 6.37. The lowest BCUT2D eigenvalue weighted by Gasteiger charge is -2.09. The third-order valence-electron chi connectivity index (χ3n) is 2.60. The average Bonchev–Trinajstić information content (AvgIpc) is 2.48. The Bertz CT molecular complexity index is 564. The SMILES string of the molecule is Cl.N=C(N)c1cccnc1OCCCOc1ccccc1. The minimum atomic E-state index is -0.0476. The highest BCUT2D eigenvalue weighted by atomic mass is 35.5. The van der Waals surface area contributed by atoms with Crippen LogP contribution < -0.4 is 15.2 Å². The molecule has 21 heavy (non-hydrogen) atoms. The van der Waals surface area contributed by atoms with E-state index in [9.17, 15) is 0 Å². The van der Waals surface area contributed by atoms with E-state index in [0.717, 1.165) is 12.2 Å². The topological polar surface area (TPSA) is 81.2 Å². The van der Waals surface area contributed by atoms with Gasteiger partial charge in [0.15, 0.2) is 0 Å². The van der Waals surface area contributed by atoms with Crippen molar-refractivity contribution in [1.82, 2.24) is 4.98 Å². The molecule has 0 aliphatic heterocycles. The van der Waals surface area contributed by atoms with Crippen molar-refractivity contribution in [2.24, 2.45) is 5.73 Å². The maximum absolute atomic E-state index is 7.44. The number of benzene rings is 1. The van der Waals surface area contributed by atoms with Crippen LogP contribution in [0.2, 0.25) is 0 Å². The fourth-order valence-corrected chi connectivity index (χ4v) is 1.65. The van der Waals surface area contributed by atoms with E-state index < -0.39 is 0 Å². The van der Waals surface area contributed by atoms with Crippen molar-refractivity contribution < 1.29 is 9.47 Å². The third-order valence-corrected chi connectivity index (χ3v) is 2.60. The van der Waals surface area contributed by atoms with Crippen molar-refractivity contribution in [1.29, 1.82) is 5.41 Å². The van der Waals surface area contributed by atoms with Crippen molar-refractivity contribution in [2.75, 3.05) is 13.2 Å². The molecule has 1 heterocycles. The number of hydrogen-bond donors (Lipinski definition) is 2. The molecule has 0 bridgehead atoms. The molecule has 0 radical (unpaired) electrons. The largest absolute Gasteiger partial charge is 0.493 e. The first kappa shape index (κ1) is 16.8. The maximum atomic E-state index is 7.44. The van der Waals surface area contributed by atoms with Gasteiger partial charge in [0.05, 0.1) is 18.8 Å². The molecule has 0 aliphatic carbocycles. The van der Waals surface area contributed by atoms with E-state index in [4.69, 9.17) is 20.6 Å². The Morgan fingerprint density at radius 2 is 1.76 bits per heavy atom. The normalized spacial score (nSPS) is 9.52. The number of halogens is 1. The second-order valence-electron chi connectivity index (χ2n) is 4.13. The number of rotatable bonds is 7. The second-order valence-corrected chi connectivity index (χ2v) is 4.13. The molecule has 0 aliphatic rings. The van der Waals surface area contributed by atoms with Crippen LogP contribution in [0.4, 0.5) is 0 Å². The highest BCUT2D eigenvalue weighted by Gasteiger charge is 2.06.